The van der Waals surface area contributed by atoms with E-state index >= 15 is 0 Å². The average molecular weight is 425 g/mol. The van der Waals surface area contributed by atoms with E-state index in [1.54, 1.807) is 29.1 Å². The molecule has 7 heteroatoms. The van der Waals surface area contributed by atoms with Crippen molar-refractivity contribution in [3.63, 3.8) is 0 Å². The van der Waals surface area contributed by atoms with E-state index in [-0.39, 0.29) is 12.6 Å². The van der Waals surface area contributed by atoms with E-state index in [4.69, 9.17) is 16.3 Å². The second kappa shape index (κ2) is 9.32. The van der Waals surface area contributed by atoms with Crippen LogP contribution in [-0.4, -0.2) is 51.7 Å². The lowest BCUT2D eigenvalue weighted by Crippen LogP contribution is -2.48. The number of ether oxygens (including phenoxy) is 1. The fourth-order valence-corrected chi connectivity index (χ4v) is 3.80. The Morgan fingerprint density at radius 1 is 1.03 bits per heavy atom. The van der Waals surface area contributed by atoms with Crippen LogP contribution in [0, 0.1) is 6.92 Å². The molecular weight excluding hydrogens is 400 g/mol. The molecule has 1 amide bonds. The molecule has 4 rings (SSSR count). The number of piperazine rings is 1. The van der Waals surface area contributed by atoms with Crippen LogP contribution < -0.4 is 4.74 Å². The first-order valence-electron chi connectivity index (χ1n) is 10.1. The lowest BCUT2D eigenvalue weighted by molar-refractivity contribution is 0.0607. The van der Waals surface area contributed by atoms with Crippen LogP contribution in [0.1, 0.15) is 21.6 Å². The van der Waals surface area contributed by atoms with Gasteiger partial charge in [0.05, 0.1) is 5.02 Å². The first-order chi connectivity index (χ1) is 14.6. The van der Waals surface area contributed by atoms with Crippen molar-refractivity contribution in [2.45, 2.75) is 20.2 Å². The third-order valence-corrected chi connectivity index (χ3v) is 5.74. The molecule has 156 valence electrons. The van der Waals surface area contributed by atoms with E-state index in [0.717, 1.165) is 19.6 Å². The molecule has 1 aromatic heterocycles. The lowest BCUT2D eigenvalue weighted by Gasteiger charge is -2.35. The van der Waals surface area contributed by atoms with Crippen LogP contribution in [0.15, 0.2) is 60.8 Å². The molecule has 2 aromatic carbocycles. The Labute approximate surface area is 181 Å². The normalized spacial score (nSPS) is 14.7. The van der Waals surface area contributed by atoms with Gasteiger partial charge in [-0.2, -0.15) is 5.10 Å². The summed E-state index contributed by atoms with van der Waals surface area (Å²) in [4.78, 5) is 17.3. The number of aromatic nitrogens is 2. The van der Waals surface area contributed by atoms with Crippen LogP contribution >= 0.6 is 11.6 Å². The van der Waals surface area contributed by atoms with Gasteiger partial charge in [0.1, 0.15) is 11.4 Å². The molecule has 0 bridgehead atoms. The van der Waals surface area contributed by atoms with Gasteiger partial charge in [0.15, 0.2) is 6.73 Å². The zero-order valence-corrected chi connectivity index (χ0v) is 17.8. The van der Waals surface area contributed by atoms with Crippen molar-refractivity contribution in [2.75, 3.05) is 26.2 Å². The van der Waals surface area contributed by atoms with Crippen molar-refractivity contribution in [1.82, 2.24) is 19.6 Å². The summed E-state index contributed by atoms with van der Waals surface area (Å²) >= 11 is 6.14. The third kappa shape index (κ3) is 4.66. The summed E-state index contributed by atoms with van der Waals surface area (Å²) in [5.41, 5.74) is 3.17. The highest BCUT2D eigenvalue weighted by molar-refractivity contribution is 6.32. The highest BCUT2D eigenvalue weighted by atomic mass is 35.5. The molecule has 1 fully saturated rings. The minimum atomic E-state index is -0.0224. The summed E-state index contributed by atoms with van der Waals surface area (Å²) in [6, 6.07) is 17.4. The van der Waals surface area contributed by atoms with E-state index < -0.39 is 0 Å². The number of rotatable bonds is 6. The quantitative estimate of drug-likeness (QED) is 0.603. The van der Waals surface area contributed by atoms with Gasteiger partial charge in [-0.1, -0.05) is 48.0 Å². The molecule has 0 unspecified atom stereocenters. The number of halogens is 1. The van der Waals surface area contributed by atoms with Crippen molar-refractivity contribution in [2.24, 2.45) is 0 Å². The predicted molar refractivity (Wildman–Crippen MR) is 117 cm³/mol. The number of hydrogen-bond acceptors (Lipinski definition) is 4. The number of para-hydroxylation sites is 1. The fraction of sp³-hybridized carbons (Fsp3) is 0.304. The van der Waals surface area contributed by atoms with Gasteiger partial charge in [0.25, 0.3) is 5.91 Å². The molecule has 3 aromatic rings. The summed E-state index contributed by atoms with van der Waals surface area (Å²) in [5.74, 6) is 0.545. The summed E-state index contributed by atoms with van der Waals surface area (Å²) in [7, 11) is 0. The molecular formula is C23H25ClN4O2. The molecule has 0 N–H and O–H groups in total. The molecule has 0 radical (unpaired) electrons. The average Bonchev–Trinajstić information content (AvgIpc) is 3.23. The van der Waals surface area contributed by atoms with Crippen molar-refractivity contribution in [1.29, 1.82) is 0 Å². The minimum Gasteiger partial charge on any atom is -0.470 e. The van der Waals surface area contributed by atoms with Crippen LogP contribution in [0.5, 0.6) is 5.75 Å². The Balaban J connectivity index is 1.34. The van der Waals surface area contributed by atoms with Gasteiger partial charge in [-0.15, -0.1) is 0 Å². The number of hydrogen-bond donors (Lipinski definition) is 0. The van der Waals surface area contributed by atoms with Crippen LogP contribution in [0.25, 0.3) is 0 Å². The SMILES string of the molecule is Cc1ccccc1CN1CCN(C(=O)c2ccnn2COc2ccccc2Cl)CC1. The van der Waals surface area contributed by atoms with E-state index in [0.29, 0.717) is 29.6 Å². The maximum Gasteiger partial charge on any atom is 0.272 e. The number of carbonyl (C=O) groups excluding carboxylic acids is 1. The molecule has 2 heterocycles. The van der Waals surface area contributed by atoms with Crippen molar-refractivity contribution >= 4 is 17.5 Å². The lowest BCUT2D eigenvalue weighted by atomic mass is 10.1. The van der Waals surface area contributed by atoms with Gasteiger partial charge in [0.2, 0.25) is 0 Å². The van der Waals surface area contributed by atoms with Gasteiger partial charge in [0, 0.05) is 38.9 Å². The Bertz CT molecular complexity index is 1010. The Morgan fingerprint density at radius 2 is 1.77 bits per heavy atom. The molecule has 0 saturated carbocycles. The van der Waals surface area contributed by atoms with E-state index in [1.165, 1.54) is 11.1 Å². The Kier molecular flexibility index (Phi) is 6.35. The maximum absolute atomic E-state index is 13.0. The summed E-state index contributed by atoms with van der Waals surface area (Å²) in [6.45, 7) is 6.28. The van der Waals surface area contributed by atoms with Crippen molar-refractivity contribution in [3.05, 3.63) is 82.6 Å². The number of amides is 1. The van der Waals surface area contributed by atoms with Crippen LogP contribution in [0.2, 0.25) is 5.02 Å². The van der Waals surface area contributed by atoms with Gasteiger partial charge in [-0.05, 0) is 36.2 Å². The smallest absolute Gasteiger partial charge is 0.272 e. The highest BCUT2D eigenvalue weighted by Gasteiger charge is 2.24. The standard InChI is InChI=1S/C23H25ClN4O2/c1-18-6-2-3-7-19(18)16-26-12-14-27(15-13-26)23(29)21-10-11-25-28(21)17-30-22-9-5-4-8-20(22)24/h2-11H,12-17H2,1H3. The Hall–Kier alpha value is -2.83. The van der Waals surface area contributed by atoms with E-state index in [2.05, 4.69) is 41.2 Å². The monoisotopic (exact) mass is 424 g/mol. The first-order valence-corrected chi connectivity index (χ1v) is 10.4. The van der Waals surface area contributed by atoms with Gasteiger partial charge < -0.3 is 9.64 Å². The van der Waals surface area contributed by atoms with Crippen molar-refractivity contribution < 1.29 is 9.53 Å². The summed E-state index contributed by atoms with van der Waals surface area (Å²) < 4.78 is 7.32. The van der Waals surface area contributed by atoms with Crippen LogP contribution in [-0.2, 0) is 13.3 Å². The molecule has 0 atom stereocenters. The topological polar surface area (TPSA) is 50.6 Å². The molecule has 1 saturated heterocycles. The zero-order chi connectivity index (χ0) is 20.9. The second-order valence-electron chi connectivity index (χ2n) is 7.41. The predicted octanol–water partition coefficient (Wildman–Crippen LogP) is 3.84. The zero-order valence-electron chi connectivity index (χ0n) is 17.0. The molecule has 6 nitrogen and oxygen atoms in total. The van der Waals surface area contributed by atoms with Crippen molar-refractivity contribution in [3.8, 4) is 5.75 Å². The molecule has 0 aliphatic carbocycles. The second-order valence-corrected chi connectivity index (χ2v) is 7.82. The fourth-order valence-electron chi connectivity index (χ4n) is 3.61. The minimum absolute atomic E-state index is 0.0224. The third-order valence-electron chi connectivity index (χ3n) is 5.43. The van der Waals surface area contributed by atoms with E-state index in [1.807, 2.05) is 17.0 Å². The number of carbonyl (C=O) groups is 1. The van der Waals surface area contributed by atoms with Gasteiger partial charge >= 0.3 is 0 Å². The maximum atomic E-state index is 13.0. The number of benzene rings is 2. The van der Waals surface area contributed by atoms with Crippen LogP contribution in [0.3, 0.4) is 0 Å². The van der Waals surface area contributed by atoms with Gasteiger partial charge in [-0.25, -0.2) is 4.68 Å². The molecule has 1 aliphatic heterocycles. The Morgan fingerprint density at radius 3 is 2.53 bits per heavy atom. The first kappa shape index (κ1) is 20.4. The number of nitrogens with zero attached hydrogens (tertiary/aromatic N) is 4. The molecule has 30 heavy (non-hydrogen) atoms. The van der Waals surface area contributed by atoms with Gasteiger partial charge in [-0.3, -0.25) is 9.69 Å². The largest absolute Gasteiger partial charge is 0.470 e. The molecule has 0 spiro atoms. The van der Waals surface area contributed by atoms with E-state index in [9.17, 15) is 4.79 Å². The summed E-state index contributed by atoms with van der Waals surface area (Å²) in [5, 5.41) is 4.78. The highest BCUT2D eigenvalue weighted by Crippen LogP contribution is 2.23. The number of aryl methyl sites for hydroxylation is 1. The van der Waals surface area contributed by atoms with Crippen LogP contribution in [0.4, 0.5) is 0 Å². The molecule has 1 aliphatic rings. The summed E-state index contributed by atoms with van der Waals surface area (Å²) in [6.07, 6.45) is 1.62.